The van der Waals surface area contributed by atoms with Gasteiger partial charge in [-0.3, -0.25) is 19.3 Å². The van der Waals surface area contributed by atoms with Gasteiger partial charge < -0.3 is 15.5 Å². The molecular formula is C23H23FN4O4. The number of rotatable bonds is 6. The highest BCUT2D eigenvalue weighted by atomic mass is 19.1. The van der Waals surface area contributed by atoms with Crippen LogP contribution in [0.3, 0.4) is 0 Å². The first kappa shape index (κ1) is 21.5. The van der Waals surface area contributed by atoms with Crippen molar-refractivity contribution in [1.29, 1.82) is 0 Å². The lowest BCUT2D eigenvalue weighted by molar-refractivity contribution is -0.134. The predicted molar refractivity (Wildman–Crippen MR) is 115 cm³/mol. The van der Waals surface area contributed by atoms with Crippen LogP contribution in [0.25, 0.3) is 0 Å². The molecule has 8 nitrogen and oxygen atoms in total. The van der Waals surface area contributed by atoms with Crippen LogP contribution in [0.2, 0.25) is 0 Å². The number of amides is 5. The van der Waals surface area contributed by atoms with Crippen molar-refractivity contribution in [3.63, 3.8) is 0 Å². The largest absolute Gasteiger partial charge is 0.325 e. The maximum Gasteiger partial charge on any atom is 0.325 e. The predicted octanol–water partition coefficient (Wildman–Crippen LogP) is 2.75. The van der Waals surface area contributed by atoms with E-state index in [9.17, 15) is 23.6 Å². The Bertz CT molecular complexity index is 1090. The molecule has 0 spiro atoms. The van der Waals surface area contributed by atoms with E-state index in [0.717, 1.165) is 11.3 Å². The molecule has 0 radical (unpaired) electrons. The third-order valence-corrected chi connectivity index (χ3v) is 5.89. The highest BCUT2D eigenvalue weighted by Crippen LogP contribution is 2.33. The van der Waals surface area contributed by atoms with Gasteiger partial charge in [-0.15, -0.1) is 0 Å². The Labute approximate surface area is 184 Å². The Morgan fingerprint density at radius 3 is 2.50 bits per heavy atom. The zero-order valence-electron chi connectivity index (χ0n) is 17.6. The fourth-order valence-electron chi connectivity index (χ4n) is 4.19. The fourth-order valence-corrected chi connectivity index (χ4v) is 4.19. The molecule has 0 bridgehead atoms. The number of anilines is 2. The first-order chi connectivity index (χ1) is 15.4. The lowest BCUT2D eigenvalue weighted by Crippen LogP contribution is -2.44. The lowest BCUT2D eigenvalue weighted by Gasteiger charge is -2.25. The van der Waals surface area contributed by atoms with E-state index in [4.69, 9.17) is 0 Å². The molecule has 2 aromatic carbocycles. The Balaban J connectivity index is 1.52. The molecule has 32 heavy (non-hydrogen) atoms. The smallest absolute Gasteiger partial charge is 0.323 e. The summed E-state index contributed by atoms with van der Waals surface area (Å²) < 4.78 is 13.3. The zero-order chi connectivity index (χ0) is 22.9. The van der Waals surface area contributed by atoms with Crippen LogP contribution in [-0.2, 0) is 19.9 Å². The van der Waals surface area contributed by atoms with E-state index in [1.807, 2.05) is 0 Å². The summed E-state index contributed by atoms with van der Waals surface area (Å²) in [4.78, 5) is 53.1. The highest BCUT2D eigenvalue weighted by Gasteiger charge is 2.51. The van der Waals surface area contributed by atoms with Crippen molar-refractivity contribution < 1.29 is 23.6 Å². The molecule has 5 amide bonds. The number of carbonyl (C=O) groups is 4. The third kappa shape index (κ3) is 3.70. The summed E-state index contributed by atoms with van der Waals surface area (Å²) in [5.41, 5.74) is 0.0979. The van der Waals surface area contributed by atoms with Gasteiger partial charge in [0.1, 0.15) is 17.9 Å². The number of para-hydroxylation sites is 2. The van der Waals surface area contributed by atoms with Gasteiger partial charge in [0.2, 0.25) is 11.8 Å². The normalized spacial score (nSPS) is 20.6. The Morgan fingerprint density at radius 1 is 1.12 bits per heavy atom. The summed E-state index contributed by atoms with van der Waals surface area (Å²) in [6.07, 6.45) is 1.43. The van der Waals surface area contributed by atoms with E-state index < -0.39 is 35.7 Å². The first-order valence-electron chi connectivity index (χ1n) is 10.4. The average molecular weight is 438 g/mol. The molecule has 166 valence electrons. The van der Waals surface area contributed by atoms with Crippen LogP contribution in [0.4, 0.5) is 20.6 Å². The van der Waals surface area contributed by atoms with E-state index in [-0.39, 0.29) is 12.3 Å². The maximum absolute atomic E-state index is 13.3. The second kappa shape index (κ2) is 8.41. The molecule has 1 unspecified atom stereocenters. The summed E-state index contributed by atoms with van der Waals surface area (Å²) in [5.74, 6) is -1.62. The van der Waals surface area contributed by atoms with Gasteiger partial charge in [0.25, 0.3) is 5.91 Å². The molecule has 2 heterocycles. The fraction of sp³-hybridized carbons (Fsp3) is 0.304. The van der Waals surface area contributed by atoms with Crippen LogP contribution in [0, 0.1) is 5.82 Å². The second-order valence-corrected chi connectivity index (χ2v) is 7.80. The van der Waals surface area contributed by atoms with E-state index in [0.29, 0.717) is 29.9 Å². The van der Waals surface area contributed by atoms with Crippen molar-refractivity contribution in [3.05, 3.63) is 59.9 Å². The van der Waals surface area contributed by atoms with Crippen molar-refractivity contribution in [1.82, 2.24) is 10.2 Å². The third-order valence-electron chi connectivity index (χ3n) is 5.89. The van der Waals surface area contributed by atoms with Crippen LogP contribution in [-0.4, -0.2) is 41.7 Å². The molecule has 0 aliphatic carbocycles. The number of halogens is 1. The SMILES string of the molecule is CCC1(c2ccc(F)cc2)NC(=O)N(CC(=O)Nc2ccccc2N2CCCC2=O)C1=O. The Morgan fingerprint density at radius 2 is 1.84 bits per heavy atom. The van der Waals surface area contributed by atoms with Crippen molar-refractivity contribution in [3.8, 4) is 0 Å². The van der Waals surface area contributed by atoms with Gasteiger partial charge in [-0.25, -0.2) is 9.18 Å². The van der Waals surface area contributed by atoms with Gasteiger partial charge >= 0.3 is 6.03 Å². The molecule has 2 aliphatic rings. The minimum absolute atomic E-state index is 0.0205. The topological polar surface area (TPSA) is 98.8 Å². The number of urea groups is 1. The van der Waals surface area contributed by atoms with Gasteiger partial charge in [0.05, 0.1) is 11.4 Å². The van der Waals surface area contributed by atoms with E-state index >= 15 is 0 Å². The summed E-state index contributed by atoms with van der Waals surface area (Å²) in [5, 5.41) is 5.38. The molecule has 2 aromatic rings. The number of nitrogens with zero attached hydrogens (tertiary/aromatic N) is 2. The van der Waals surface area contributed by atoms with Crippen molar-refractivity contribution in [2.45, 2.75) is 31.7 Å². The summed E-state index contributed by atoms with van der Waals surface area (Å²) in [6.45, 7) is 1.81. The van der Waals surface area contributed by atoms with Crippen molar-refractivity contribution in [2.24, 2.45) is 0 Å². The number of hydrogen-bond acceptors (Lipinski definition) is 4. The Hall–Kier alpha value is -3.75. The number of nitrogens with one attached hydrogen (secondary N) is 2. The average Bonchev–Trinajstić information content (AvgIpc) is 3.31. The van der Waals surface area contributed by atoms with E-state index in [2.05, 4.69) is 10.6 Å². The summed E-state index contributed by atoms with van der Waals surface area (Å²) >= 11 is 0. The van der Waals surface area contributed by atoms with Crippen molar-refractivity contribution in [2.75, 3.05) is 23.3 Å². The standard InChI is InChI=1S/C23H23FN4O4/c1-2-23(15-9-11-16(24)12-10-15)21(31)28(22(32)26-23)14-19(29)25-17-6-3-4-7-18(17)27-13-5-8-20(27)30/h3-4,6-7,9-12H,2,5,8,13-14H2,1H3,(H,25,29)(H,26,32). The van der Waals surface area contributed by atoms with Crippen LogP contribution in [0.1, 0.15) is 31.7 Å². The monoisotopic (exact) mass is 438 g/mol. The number of hydrogen-bond donors (Lipinski definition) is 2. The molecule has 2 fully saturated rings. The molecular weight excluding hydrogens is 415 g/mol. The molecule has 4 rings (SSSR count). The van der Waals surface area contributed by atoms with E-state index in [1.165, 1.54) is 24.3 Å². The molecule has 9 heteroatoms. The minimum atomic E-state index is -1.36. The van der Waals surface area contributed by atoms with Crippen LogP contribution in [0.5, 0.6) is 0 Å². The van der Waals surface area contributed by atoms with Crippen LogP contribution < -0.4 is 15.5 Å². The number of carbonyl (C=O) groups excluding carboxylic acids is 4. The molecule has 2 N–H and O–H groups in total. The van der Waals surface area contributed by atoms with Crippen molar-refractivity contribution >= 4 is 35.1 Å². The molecule has 2 aliphatic heterocycles. The summed E-state index contributed by atoms with van der Waals surface area (Å²) in [6, 6.07) is 11.5. The van der Waals surface area contributed by atoms with E-state index in [1.54, 1.807) is 36.1 Å². The van der Waals surface area contributed by atoms with Gasteiger partial charge in [0.15, 0.2) is 0 Å². The van der Waals surface area contributed by atoms with Gasteiger partial charge in [-0.2, -0.15) is 0 Å². The second-order valence-electron chi connectivity index (χ2n) is 7.80. The van der Waals surface area contributed by atoms with Gasteiger partial charge in [-0.05, 0) is 42.7 Å². The molecule has 0 aromatic heterocycles. The Kier molecular flexibility index (Phi) is 5.65. The van der Waals surface area contributed by atoms with Gasteiger partial charge in [0, 0.05) is 13.0 Å². The lowest BCUT2D eigenvalue weighted by atomic mass is 9.87. The van der Waals surface area contributed by atoms with Crippen LogP contribution >= 0.6 is 0 Å². The number of imide groups is 1. The highest BCUT2D eigenvalue weighted by molar-refractivity contribution is 6.11. The molecule has 2 saturated heterocycles. The first-order valence-corrected chi connectivity index (χ1v) is 10.4. The quantitative estimate of drug-likeness (QED) is 0.678. The van der Waals surface area contributed by atoms with Crippen LogP contribution in [0.15, 0.2) is 48.5 Å². The molecule has 0 saturated carbocycles. The summed E-state index contributed by atoms with van der Waals surface area (Å²) in [7, 11) is 0. The maximum atomic E-state index is 13.3. The minimum Gasteiger partial charge on any atom is -0.323 e. The van der Waals surface area contributed by atoms with Gasteiger partial charge in [-0.1, -0.05) is 31.2 Å². The number of benzene rings is 2. The molecule has 1 atom stereocenters. The zero-order valence-corrected chi connectivity index (χ0v) is 17.6.